The molecule has 5 heteroatoms. The third kappa shape index (κ3) is 8.19. The van der Waals surface area contributed by atoms with E-state index in [-0.39, 0.29) is 24.7 Å². The molecule has 0 saturated heterocycles. The van der Waals surface area contributed by atoms with E-state index in [9.17, 15) is 9.59 Å². The zero-order valence-corrected chi connectivity index (χ0v) is 13.4. The number of unbranched alkanes of at least 4 members (excludes halogenated alkanes) is 1. The van der Waals surface area contributed by atoms with Crippen LogP contribution in [0.3, 0.4) is 0 Å². The van der Waals surface area contributed by atoms with Gasteiger partial charge in [0.15, 0.2) is 0 Å². The van der Waals surface area contributed by atoms with E-state index in [1.807, 2.05) is 37.3 Å². The van der Waals surface area contributed by atoms with Crippen LogP contribution in [0.2, 0.25) is 0 Å². The topological polar surface area (TPSA) is 70.6 Å². The normalized spacial score (nSPS) is 11.1. The van der Waals surface area contributed by atoms with Crippen molar-refractivity contribution in [3.8, 4) is 0 Å². The van der Waals surface area contributed by atoms with Crippen LogP contribution >= 0.6 is 0 Å². The molecule has 0 unspecified atom stereocenters. The summed E-state index contributed by atoms with van der Waals surface area (Å²) in [4.78, 5) is 23.3. The number of benzene rings is 1. The maximum atomic E-state index is 11.7. The fourth-order valence-corrected chi connectivity index (χ4v) is 1.81. The highest BCUT2D eigenvalue weighted by atomic mass is 16.2. The maximum Gasteiger partial charge on any atom is 0.240 e. The molecule has 0 aliphatic heterocycles. The molecule has 0 aromatic heterocycles. The van der Waals surface area contributed by atoms with E-state index in [4.69, 9.17) is 0 Å². The standard InChI is InChI=1S/C17H25N3O2/c1-3-4-8-14(2)19-20-17(22)12-11-16(21)18-13-15-9-6-5-7-10-15/h5-7,9-10H,3-4,8,11-13H2,1-2H3,(H,18,21)(H,20,22)/b19-14+. The Morgan fingerprint density at radius 1 is 1.05 bits per heavy atom. The zero-order valence-electron chi connectivity index (χ0n) is 13.4. The van der Waals surface area contributed by atoms with E-state index < -0.39 is 0 Å². The summed E-state index contributed by atoms with van der Waals surface area (Å²) in [7, 11) is 0. The lowest BCUT2D eigenvalue weighted by atomic mass is 10.2. The summed E-state index contributed by atoms with van der Waals surface area (Å²) in [5.74, 6) is -0.364. The van der Waals surface area contributed by atoms with Gasteiger partial charge in [-0.15, -0.1) is 0 Å². The number of hydrazone groups is 1. The lowest BCUT2D eigenvalue weighted by molar-refractivity contribution is -0.126. The van der Waals surface area contributed by atoms with Crippen molar-refractivity contribution in [1.82, 2.24) is 10.7 Å². The number of carbonyl (C=O) groups excluding carboxylic acids is 2. The van der Waals surface area contributed by atoms with Crippen LogP contribution < -0.4 is 10.7 Å². The minimum absolute atomic E-state index is 0.134. The smallest absolute Gasteiger partial charge is 0.240 e. The molecule has 1 rings (SSSR count). The van der Waals surface area contributed by atoms with E-state index in [1.54, 1.807) is 0 Å². The first-order chi connectivity index (χ1) is 10.6. The lowest BCUT2D eigenvalue weighted by Crippen LogP contribution is -2.25. The van der Waals surface area contributed by atoms with Gasteiger partial charge in [0, 0.05) is 25.1 Å². The third-order valence-corrected chi connectivity index (χ3v) is 3.18. The summed E-state index contributed by atoms with van der Waals surface area (Å²) >= 11 is 0. The molecular formula is C17H25N3O2. The van der Waals surface area contributed by atoms with Gasteiger partial charge in [-0.05, 0) is 25.3 Å². The molecule has 0 radical (unpaired) electrons. The molecule has 1 aromatic carbocycles. The molecule has 1 aromatic rings. The Morgan fingerprint density at radius 2 is 1.73 bits per heavy atom. The molecule has 0 saturated carbocycles. The molecule has 5 nitrogen and oxygen atoms in total. The van der Waals surface area contributed by atoms with Crippen LogP contribution in [0, 0.1) is 0 Å². The largest absolute Gasteiger partial charge is 0.352 e. The van der Waals surface area contributed by atoms with Crippen molar-refractivity contribution in [2.45, 2.75) is 52.5 Å². The molecule has 120 valence electrons. The predicted octanol–water partition coefficient (Wildman–Crippen LogP) is 2.77. The van der Waals surface area contributed by atoms with E-state index in [1.165, 1.54) is 0 Å². The van der Waals surface area contributed by atoms with Gasteiger partial charge in [-0.3, -0.25) is 9.59 Å². The van der Waals surface area contributed by atoms with Crippen LogP contribution in [0.1, 0.15) is 51.5 Å². The van der Waals surface area contributed by atoms with Crippen LogP contribution in [0.25, 0.3) is 0 Å². The lowest BCUT2D eigenvalue weighted by Gasteiger charge is -2.05. The van der Waals surface area contributed by atoms with Crippen molar-refractivity contribution in [2.75, 3.05) is 0 Å². The second-order valence-electron chi connectivity index (χ2n) is 5.25. The number of nitrogens with one attached hydrogen (secondary N) is 2. The Bertz CT molecular complexity index is 498. The van der Waals surface area contributed by atoms with Gasteiger partial charge < -0.3 is 5.32 Å². The first kappa shape index (κ1) is 17.9. The Kier molecular flexibility index (Phi) is 8.57. The number of nitrogens with zero attached hydrogens (tertiary/aromatic N) is 1. The van der Waals surface area contributed by atoms with Crippen molar-refractivity contribution < 1.29 is 9.59 Å². The third-order valence-electron chi connectivity index (χ3n) is 3.18. The second-order valence-corrected chi connectivity index (χ2v) is 5.25. The molecule has 0 aliphatic carbocycles. The summed E-state index contributed by atoms with van der Waals surface area (Å²) in [6.07, 6.45) is 3.36. The van der Waals surface area contributed by atoms with Gasteiger partial charge in [0.05, 0.1) is 0 Å². The Labute approximate surface area is 132 Å². The van der Waals surface area contributed by atoms with Crippen LogP contribution in [-0.2, 0) is 16.1 Å². The van der Waals surface area contributed by atoms with Crippen molar-refractivity contribution in [1.29, 1.82) is 0 Å². The fraction of sp³-hybridized carbons (Fsp3) is 0.471. The highest BCUT2D eigenvalue weighted by molar-refractivity contribution is 5.86. The highest BCUT2D eigenvalue weighted by Gasteiger charge is 2.06. The maximum absolute atomic E-state index is 11.7. The van der Waals surface area contributed by atoms with Gasteiger partial charge in [-0.1, -0.05) is 43.7 Å². The minimum atomic E-state index is -0.231. The summed E-state index contributed by atoms with van der Waals surface area (Å²) in [5.41, 5.74) is 4.43. The number of hydrogen-bond donors (Lipinski definition) is 2. The molecule has 0 fully saturated rings. The molecule has 22 heavy (non-hydrogen) atoms. The Hall–Kier alpha value is -2.17. The number of carbonyl (C=O) groups is 2. The molecular weight excluding hydrogens is 278 g/mol. The monoisotopic (exact) mass is 303 g/mol. The fourth-order valence-electron chi connectivity index (χ4n) is 1.81. The van der Waals surface area contributed by atoms with Crippen LogP contribution in [0.15, 0.2) is 35.4 Å². The summed E-state index contributed by atoms with van der Waals surface area (Å²) in [5, 5.41) is 6.81. The molecule has 2 N–H and O–H groups in total. The van der Waals surface area contributed by atoms with E-state index in [0.717, 1.165) is 30.5 Å². The quantitative estimate of drug-likeness (QED) is 0.544. The minimum Gasteiger partial charge on any atom is -0.352 e. The average molecular weight is 303 g/mol. The predicted molar refractivity (Wildman–Crippen MR) is 88.3 cm³/mol. The Balaban J connectivity index is 2.19. The van der Waals surface area contributed by atoms with Gasteiger partial charge in [0.25, 0.3) is 0 Å². The van der Waals surface area contributed by atoms with Crippen LogP contribution in [0.4, 0.5) is 0 Å². The van der Waals surface area contributed by atoms with Gasteiger partial charge in [-0.2, -0.15) is 5.10 Å². The van der Waals surface area contributed by atoms with Crippen molar-refractivity contribution >= 4 is 17.5 Å². The molecule has 0 bridgehead atoms. The zero-order chi connectivity index (χ0) is 16.2. The number of amides is 2. The number of rotatable bonds is 9. The Morgan fingerprint density at radius 3 is 2.41 bits per heavy atom. The molecule has 2 amide bonds. The van der Waals surface area contributed by atoms with Gasteiger partial charge in [-0.25, -0.2) is 5.43 Å². The van der Waals surface area contributed by atoms with E-state index >= 15 is 0 Å². The van der Waals surface area contributed by atoms with Crippen molar-refractivity contribution in [3.63, 3.8) is 0 Å². The van der Waals surface area contributed by atoms with Crippen LogP contribution in [-0.4, -0.2) is 17.5 Å². The molecule has 0 aliphatic rings. The molecule has 0 atom stereocenters. The van der Waals surface area contributed by atoms with Gasteiger partial charge >= 0.3 is 0 Å². The average Bonchev–Trinajstić information content (AvgIpc) is 2.55. The summed E-state index contributed by atoms with van der Waals surface area (Å²) in [6.45, 7) is 4.48. The second kappa shape index (κ2) is 10.5. The molecule has 0 heterocycles. The summed E-state index contributed by atoms with van der Waals surface area (Å²) in [6, 6.07) is 9.67. The van der Waals surface area contributed by atoms with Gasteiger partial charge in [0.1, 0.15) is 0 Å². The first-order valence-electron chi connectivity index (χ1n) is 7.74. The van der Waals surface area contributed by atoms with Crippen molar-refractivity contribution in [3.05, 3.63) is 35.9 Å². The molecule has 0 spiro atoms. The van der Waals surface area contributed by atoms with Crippen LogP contribution in [0.5, 0.6) is 0 Å². The SMILES string of the molecule is CCCC/C(C)=N/NC(=O)CCC(=O)NCc1ccccc1. The van der Waals surface area contributed by atoms with Crippen molar-refractivity contribution in [2.24, 2.45) is 5.10 Å². The first-order valence-corrected chi connectivity index (χ1v) is 7.74. The highest BCUT2D eigenvalue weighted by Crippen LogP contribution is 1.99. The van der Waals surface area contributed by atoms with E-state index in [2.05, 4.69) is 22.8 Å². The number of hydrogen-bond acceptors (Lipinski definition) is 3. The van der Waals surface area contributed by atoms with Gasteiger partial charge in [0.2, 0.25) is 11.8 Å². The summed E-state index contributed by atoms with van der Waals surface area (Å²) < 4.78 is 0. The van der Waals surface area contributed by atoms with E-state index in [0.29, 0.717) is 6.54 Å².